The van der Waals surface area contributed by atoms with Gasteiger partial charge in [-0.05, 0) is 59.1 Å². The van der Waals surface area contributed by atoms with Gasteiger partial charge in [0.1, 0.15) is 35.3 Å². The molecule has 34 heavy (non-hydrogen) atoms. The lowest BCUT2D eigenvalue weighted by molar-refractivity contribution is -0.119. The number of benzene rings is 2. The Morgan fingerprint density at radius 3 is 2.59 bits per heavy atom. The van der Waals surface area contributed by atoms with Gasteiger partial charge in [0.2, 0.25) is 0 Å². The molecule has 8 nitrogen and oxygen atoms in total. The summed E-state index contributed by atoms with van der Waals surface area (Å²) >= 11 is 3.66. The Hall–Kier alpha value is -3.56. The van der Waals surface area contributed by atoms with Crippen molar-refractivity contribution < 1.29 is 14.3 Å². The molecule has 0 radical (unpaired) electrons. The molecule has 2 aromatic carbocycles. The summed E-state index contributed by atoms with van der Waals surface area (Å²) < 4.78 is 14.2. The lowest BCUT2D eigenvalue weighted by atomic mass is 10.1. The monoisotopic (exact) mass is 523 g/mol. The predicted molar refractivity (Wildman–Crippen MR) is 137 cm³/mol. The molecular formula is C25H26BrN5O3. The summed E-state index contributed by atoms with van der Waals surface area (Å²) in [5, 5.41) is 3.58. The molecule has 0 spiro atoms. The number of hydrogen-bond acceptors (Lipinski definition) is 6. The second-order valence-electron chi connectivity index (χ2n) is 7.80. The van der Waals surface area contributed by atoms with E-state index in [0.29, 0.717) is 40.4 Å². The van der Waals surface area contributed by atoms with Crippen LogP contribution in [0.25, 0.3) is 16.9 Å². The lowest BCUT2D eigenvalue weighted by Gasteiger charge is -2.17. The summed E-state index contributed by atoms with van der Waals surface area (Å²) in [4.78, 5) is 16.4. The number of amides is 1. The van der Waals surface area contributed by atoms with E-state index in [1.54, 1.807) is 6.07 Å². The average Bonchev–Trinajstić information content (AvgIpc) is 3.16. The Labute approximate surface area is 206 Å². The number of ether oxygens (including phenoxy) is 2. The molecule has 0 atom stereocenters. The Balaban J connectivity index is 1.92. The van der Waals surface area contributed by atoms with E-state index in [0.717, 1.165) is 28.3 Å². The van der Waals surface area contributed by atoms with E-state index in [-0.39, 0.29) is 6.61 Å². The van der Waals surface area contributed by atoms with E-state index in [9.17, 15) is 4.79 Å². The highest BCUT2D eigenvalue weighted by Crippen LogP contribution is 2.44. The average molecular weight is 524 g/mol. The number of para-hydroxylation sites is 1. The van der Waals surface area contributed by atoms with Crippen LogP contribution in [0.4, 0.5) is 11.5 Å². The van der Waals surface area contributed by atoms with Gasteiger partial charge < -0.3 is 26.3 Å². The molecule has 0 aliphatic rings. The molecule has 1 amide bonds. The molecule has 0 unspecified atom stereocenters. The van der Waals surface area contributed by atoms with E-state index < -0.39 is 5.91 Å². The number of imidazole rings is 1. The van der Waals surface area contributed by atoms with Crippen LogP contribution < -0.4 is 26.3 Å². The first-order chi connectivity index (χ1) is 16.4. The number of nitrogens with zero attached hydrogens (tertiary/aromatic N) is 2. The van der Waals surface area contributed by atoms with Gasteiger partial charge in [-0.1, -0.05) is 24.3 Å². The molecule has 0 saturated heterocycles. The molecule has 4 rings (SSSR count). The van der Waals surface area contributed by atoms with Crippen molar-refractivity contribution in [1.29, 1.82) is 0 Å². The van der Waals surface area contributed by atoms with Gasteiger partial charge in [-0.2, -0.15) is 0 Å². The summed E-state index contributed by atoms with van der Waals surface area (Å²) in [5.41, 5.74) is 16.2. The molecule has 0 aliphatic carbocycles. The minimum absolute atomic E-state index is 0.285. The highest BCUT2D eigenvalue weighted by molar-refractivity contribution is 9.10. The molecule has 0 aliphatic heterocycles. The molecule has 176 valence electrons. The number of primary amides is 1. The van der Waals surface area contributed by atoms with Crippen LogP contribution >= 0.6 is 15.9 Å². The number of aromatic nitrogens is 2. The zero-order chi connectivity index (χ0) is 24.2. The molecule has 0 fully saturated rings. The van der Waals surface area contributed by atoms with Crippen molar-refractivity contribution >= 4 is 39.0 Å². The topological polar surface area (TPSA) is 117 Å². The van der Waals surface area contributed by atoms with Crippen molar-refractivity contribution in [2.75, 3.05) is 25.1 Å². The normalized spacial score (nSPS) is 10.9. The molecule has 0 saturated carbocycles. The second kappa shape index (κ2) is 10.1. The van der Waals surface area contributed by atoms with Crippen molar-refractivity contribution in [3.63, 3.8) is 0 Å². The van der Waals surface area contributed by atoms with Crippen molar-refractivity contribution in [2.24, 2.45) is 11.5 Å². The summed E-state index contributed by atoms with van der Waals surface area (Å²) in [6, 6.07) is 15.5. The smallest absolute Gasteiger partial charge is 0.255 e. The molecular weight excluding hydrogens is 498 g/mol. The number of nitrogens with one attached hydrogen (secondary N) is 1. The Morgan fingerprint density at radius 2 is 1.88 bits per heavy atom. The van der Waals surface area contributed by atoms with E-state index >= 15 is 0 Å². The van der Waals surface area contributed by atoms with Crippen LogP contribution in [0, 0.1) is 13.8 Å². The predicted octanol–water partition coefficient (Wildman–Crippen LogP) is 4.33. The first-order valence-corrected chi connectivity index (χ1v) is 11.6. The van der Waals surface area contributed by atoms with Gasteiger partial charge in [0.25, 0.3) is 5.91 Å². The third kappa shape index (κ3) is 4.85. The number of carbonyl (C=O) groups is 1. The third-order valence-electron chi connectivity index (χ3n) is 5.28. The molecule has 5 N–H and O–H groups in total. The number of rotatable bonds is 9. The maximum absolute atomic E-state index is 11.5. The number of nitrogens with two attached hydrogens (primary N) is 2. The number of carbonyl (C=O) groups excluding carboxylic acids is 1. The van der Waals surface area contributed by atoms with Gasteiger partial charge in [0.05, 0.1) is 5.56 Å². The minimum atomic E-state index is -0.584. The molecule has 2 heterocycles. The van der Waals surface area contributed by atoms with Gasteiger partial charge in [0.15, 0.2) is 6.61 Å². The number of fused-ring (bicyclic) bond motifs is 1. The van der Waals surface area contributed by atoms with Crippen LogP contribution in [-0.2, 0) is 4.79 Å². The lowest BCUT2D eigenvalue weighted by Crippen LogP contribution is -2.20. The first kappa shape index (κ1) is 23.6. The summed E-state index contributed by atoms with van der Waals surface area (Å²) in [5.74, 6) is 1.13. The van der Waals surface area contributed by atoms with Crippen molar-refractivity contribution in [1.82, 2.24) is 9.38 Å². The van der Waals surface area contributed by atoms with Gasteiger partial charge >= 0.3 is 0 Å². The van der Waals surface area contributed by atoms with Crippen LogP contribution in [-0.4, -0.2) is 35.1 Å². The number of pyridine rings is 1. The van der Waals surface area contributed by atoms with Crippen LogP contribution in [0.3, 0.4) is 0 Å². The summed E-state index contributed by atoms with van der Waals surface area (Å²) in [7, 11) is 0. The van der Waals surface area contributed by atoms with Crippen LogP contribution in [0.5, 0.6) is 11.5 Å². The molecule has 2 aromatic heterocycles. The minimum Gasteiger partial charge on any atom is -0.492 e. The van der Waals surface area contributed by atoms with Crippen LogP contribution in [0.15, 0.2) is 59.2 Å². The van der Waals surface area contributed by atoms with Crippen LogP contribution in [0.2, 0.25) is 0 Å². The molecule has 0 bridgehead atoms. The first-order valence-electron chi connectivity index (χ1n) is 10.8. The second-order valence-corrected chi connectivity index (χ2v) is 8.65. The van der Waals surface area contributed by atoms with Crippen molar-refractivity contribution in [3.05, 3.63) is 70.3 Å². The maximum atomic E-state index is 11.5. The van der Waals surface area contributed by atoms with Gasteiger partial charge in [-0.15, -0.1) is 0 Å². The van der Waals surface area contributed by atoms with Gasteiger partial charge in [-0.3, -0.25) is 9.20 Å². The SMILES string of the molecule is Cc1cccc(C)c1Nc1c(-c2c(Br)cc(OCCN)cc2OCC(N)=O)nc2ccccn12. The maximum Gasteiger partial charge on any atom is 0.255 e. The fourth-order valence-electron chi connectivity index (χ4n) is 3.73. The molecule has 9 heteroatoms. The zero-order valence-electron chi connectivity index (χ0n) is 19.0. The number of aryl methyl sites for hydroxylation is 2. The highest BCUT2D eigenvalue weighted by atomic mass is 79.9. The molecule has 4 aromatic rings. The third-order valence-corrected chi connectivity index (χ3v) is 5.90. The summed E-state index contributed by atoms with van der Waals surface area (Å²) in [6.45, 7) is 4.53. The van der Waals surface area contributed by atoms with E-state index in [1.165, 1.54) is 0 Å². The zero-order valence-corrected chi connectivity index (χ0v) is 20.6. The Bertz CT molecular complexity index is 1330. The van der Waals surface area contributed by atoms with E-state index in [4.69, 9.17) is 25.9 Å². The van der Waals surface area contributed by atoms with Gasteiger partial charge in [0, 0.05) is 29.0 Å². The highest BCUT2D eigenvalue weighted by Gasteiger charge is 2.23. The number of hydrogen-bond donors (Lipinski definition) is 3. The largest absolute Gasteiger partial charge is 0.492 e. The van der Waals surface area contributed by atoms with E-state index in [1.807, 2.05) is 40.9 Å². The van der Waals surface area contributed by atoms with Gasteiger partial charge in [-0.25, -0.2) is 4.98 Å². The van der Waals surface area contributed by atoms with Crippen molar-refractivity contribution in [2.45, 2.75) is 13.8 Å². The Kier molecular flexibility index (Phi) is 7.04. The summed E-state index contributed by atoms with van der Waals surface area (Å²) in [6.07, 6.45) is 1.94. The van der Waals surface area contributed by atoms with Crippen molar-refractivity contribution in [3.8, 4) is 22.8 Å². The standard InChI is InChI=1S/C25H26BrN5O3/c1-15-6-5-7-16(2)23(15)30-25-24(29-21-8-3-4-10-31(21)25)22-18(26)12-17(33-11-9-27)13-19(22)34-14-20(28)32/h3-8,10,12-13,30H,9,11,14,27H2,1-2H3,(H2,28,32). The Morgan fingerprint density at radius 1 is 1.12 bits per heavy atom. The quantitative estimate of drug-likeness (QED) is 0.300. The van der Waals surface area contributed by atoms with E-state index in [2.05, 4.69) is 47.2 Å². The number of halogens is 1. The fraction of sp³-hybridized carbons (Fsp3) is 0.200. The number of anilines is 2. The van der Waals surface area contributed by atoms with Crippen LogP contribution in [0.1, 0.15) is 11.1 Å². The fourth-order valence-corrected chi connectivity index (χ4v) is 4.34.